The number of rotatable bonds is 7. The molecule has 104 valence electrons. The maximum Gasteiger partial charge on any atom is 0.301 e. The zero-order valence-corrected chi connectivity index (χ0v) is 11.4. The quantitative estimate of drug-likeness (QED) is 0.510. The average molecular weight is 282 g/mol. The van der Waals surface area contributed by atoms with Crippen LogP contribution in [0.3, 0.4) is 0 Å². The molecule has 0 spiro atoms. The highest BCUT2D eigenvalue weighted by Crippen LogP contribution is 2.23. The van der Waals surface area contributed by atoms with Gasteiger partial charge in [-0.2, -0.15) is 13.1 Å². The minimum atomic E-state index is -3.58. The third-order valence-electron chi connectivity index (χ3n) is 2.81. The van der Waals surface area contributed by atoms with E-state index in [2.05, 4.69) is 4.72 Å². The van der Waals surface area contributed by atoms with Gasteiger partial charge in [-0.25, -0.2) is 0 Å². The Morgan fingerprint density at radius 1 is 1.37 bits per heavy atom. The lowest BCUT2D eigenvalue weighted by molar-refractivity contribution is 0.576. The van der Waals surface area contributed by atoms with Crippen LogP contribution in [0.2, 0.25) is 0 Å². The largest absolute Gasteiger partial charge is 0.388 e. The fourth-order valence-electron chi connectivity index (χ4n) is 1.68. The molecule has 1 fully saturated rings. The fraction of sp³-hybridized carbons (Fsp3) is 0.417. The molecule has 0 amide bonds. The van der Waals surface area contributed by atoms with Crippen molar-refractivity contribution in [2.75, 3.05) is 10.8 Å². The topological polar surface area (TPSA) is 99.3 Å². The van der Waals surface area contributed by atoms with Crippen molar-refractivity contribution in [3.05, 3.63) is 30.3 Å². The van der Waals surface area contributed by atoms with Gasteiger partial charge in [0, 0.05) is 19.0 Å². The Morgan fingerprint density at radius 2 is 2.00 bits per heavy atom. The summed E-state index contributed by atoms with van der Waals surface area (Å²) >= 11 is 0. The number of hydrogen-bond acceptors (Lipinski definition) is 3. The van der Waals surface area contributed by atoms with Crippen molar-refractivity contribution in [3.63, 3.8) is 0 Å². The highest BCUT2D eigenvalue weighted by atomic mass is 32.2. The summed E-state index contributed by atoms with van der Waals surface area (Å²) in [5, 5.41) is 7.24. The molecule has 0 atom stereocenters. The molecule has 1 saturated carbocycles. The van der Waals surface area contributed by atoms with E-state index in [9.17, 15) is 8.42 Å². The lowest BCUT2D eigenvalue weighted by Crippen LogP contribution is -2.43. The summed E-state index contributed by atoms with van der Waals surface area (Å²) in [5.41, 5.74) is 5.90. The predicted molar refractivity (Wildman–Crippen MR) is 75.4 cm³/mol. The van der Waals surface area contributed by atoms with Gasteiger partial charge in [-0.15, -0.1) is 0 Å². The molecule has 0 unspecified atom stereocenters. The minimum absolute atomic E-state index is 0.0254. The van der Waals surface area contributed by atoms with E-state index in [0.717, 1.165) is 12.8 Å². The monoisotopic (exact) mass is 282 g/mol. The van der Waals surface area contributed by atoms with Crippen LogP contribution < -0.4 is 14.8 Å². The van der Waals surface area contributed by atoms with E-state index >= 15 is 0 Å². The molecule has 0 saturated heterocycles. The van der Waals surface area contributed by atoms with Gasteiger partial charge in [0.15, 0.2) is 0 Å². The van der Waals surface area contributed by atoms with E-state index < -0.39 is 10.2 Å². The van der Waals surface area contributed by atoms with Crippen molar-refractivity contribution in [2.24, 2.45) is 5.73 Å². The standard InChI is InChI=1S/C12H18N4O2S/c13-12(14)8-9-16(11-4-2-1-3-5-11)19(17,18)15-10-6-7-10/h1-5,10,15H,6-9H2,(H3,13,14). The zero-order valence-electron chi connectivity index (χ0n) is 10.5. The molecule has 1 aromatic rings. The second-order valence-corrected chi connectivity index (χ2v) is 6.21. The molecule has 0 radical (unpaired) electrons. The lowest BCUT2D eigenvalue weighted by atomic mass is 10.3. The van der Waals surface area contributed by atoms with Gasteiger partial charge in [0.05, 0.1) is 11.5 Å². The summed E-state index contributed by atoms with van der Waals surface area (Å²) in [5.74, 6) is -0.0254. The predicted octanol–water partition coefficient (Wildman–Crippen LogP) is 0.816. The summed E-state index contributed by atoms with van der Waals surface area (Å²) in [4.78, 5) is 0. The summed E-state index contributed by atoms with van der Waals surface area (Å²) in [7, 11) is -3.58. The maximum absolute atomic E-state index is 12.3. The van der Waals surface area contributed by atoms with Crippen LogP contribution >= 0.6 is 0 Å². The number of nitrogens with one attached hydrogen (secondary N) is 2. The van der Waals surface area contributed by atoms with Crippen molar-refractivity contribution < 1.29 is 8.42 Å². The lowest BCUT2D eigenvalue weighted by Gasteiger charge is -2.24. The molecule has 7 heteroatoms. The van der Waals surface area contributed by atoms with Gasteiger partial charge < -0.3 is 5.73 Å². The number of hydrogen-bond donors (Lipinski definition) is 3. The Morgan fingerprint density at radius 3 is 2.53 bits per heavy atom. The van der Waals surface area contributed by atoms with Gasteiger partial charge in [-0.3, -0.25) is 9.71 Å². The van der Waals surface area contributed by atoms with Crippen LogP contribution in [0.25, 0.3) is 0 Å². The summed E-state index contributed by atoms with van der Waals surface area (Å²) in [6, 6.07) is 8.89. The second-order valence-electron chi connectivity index (χ2n) is 4.58. The molecule has 0 aromatic heterocycles. The van der Waals surface area contributed by atoms with Crippen molar-refractivity contribution in [2.45, 2.75) is 25.3 Å². The third kappa shape index (κ3) is 3.93. The summed E-state index contributed by atoms with van der Waals surface area (Å²) in [6.45, 7) is 0.168. The number of para-hydroxylation sites is 1. The van der Waals surface area contributed by atoms with Crippen LogP contribution in [-0.4, -0.2) is 26.8 Å². The fourth-order valence-corrected chi connectivity index (χ4v) is 3.19. The van der Waals surface area contributed by atoms with Crippen LogP contribution in [0.4, 0.5) is 5.69 Å². The molecular weight excluding hydrogens is 264 g/mol. The van der Waals surface area contributed by atoms with Crippen LogP contribution in [0.1, 0.15) is 19.3 Å². The number of nitrogens with two attached hydrogens (primary N) is 1. The molecule has 0 aliphatic heterocycles. The molecule has 0 bridgehead atoms. The van der Waals surface area contributed by atoms with E-state index in [1.807, 2.05) is 6.07 Å². The second kappa shape index (κ2) is 5.58. The first kappa shape index (κ1) is 13.8. The van der Waals surface area contributed by atoms with Gasteiger partial charge in [0.25, 0.3) is 0 Å². The number of anilines is 1. The Bertz CT molecular complexity index is 540. The van der Waals surface area contributed by atoms with Gasteiger partial charge in [0.1, 0.15) is 0 Å². The molecule has 1 aliphatic carbocycles. The first-order chi connectivity index (χ1) is 8.99. The molecule has 1 aromatic carbocycles. The first-order valence-electron chi connectivity index (χ1n) is 6.17. The Hall–Kier alpha value is -1.60. The highest BCUT2D eigenvalue weighted by molar-refractivity contribution is 7.90. The van der Waals surface area contributed by atoms with Gasteiger partial charge in [0.2, 0.25) is 0 Å². The molecule has 0 heterocycles. The van der Waals surface area contributed by atoms with Crippen molar-refractivity contribution in [1.29, 1.82) is 5.41 Å². The Balaban J connectivity index is 2.20. The van der Waals surface area contributed by atoms with Crippen molar-refractivity contribution in [3.8, 4) is 0 Å². The van der Waals surface area contributed by atoms with E-state index in [4.69, 9.17) is 11.1 Å². The smallest absolute Gasteiger partial charge is 0.301 e. The molecule has 4 N–H and O–H groups in total. The van der Waals surface area contributed by atoms with E-state index in [-0.39, 0.29) is 24.8 Å². The van der Waals surface area contributed by atoms with Crippen LogP contribution in [0.15, 0.2) is 30.3 Å². The Kier molecular flexibility index (Phi) is 4.06. The number of nitrogens with zero attached hydrogens (tertiary/aromatic N) is 1. The van der Waals surface area contributed by atoms with Gasteiger partial charge in [-0.05, 0) is 25.0 Å². The third-order valence-corrected chi connectivity index (χ3v) is 4.42. The molecular formula is C12H18N4O2S. The minimum Gasteiger partial charge on any atom is -0.388 e. The van der Waals surface area contributed by atoms with Crippen molar-refractivity contribution in [1.82, 2.24) is 4.72 Å². The Labute approximate surface area is 113 Å². The average Bonchev–Trinajstić information content (AvgIpc) is 3.13. The van der Waals surface area contributed by atoms with E-state index in [0.29, 0.717) is 5.69 Å². The molecule has 19 heavy (non-hydrogen) atoms. The number of amidine groups is 1. The van der Waals surface area contributed by atoms with Gasteiger partial charge in [-0.1, -0.05) is 18.2 Å². The van der Waals surface area contributed by atoms with Crippen LogP contribution in [0, 0.1) is 5.41 Å². The van der Waals surface area contributed by atoms with Crippen molar-refractivity contribution >= 4 is 21.7 Å². The summed E-state index contributed by atoms with van der Waals surface area (Å²) in [6.07, 6.45) is 1.98. The SMILES string of the molecule is N=C(N)CCN(c1ccccc1)S(=O)(=O)NC1CC1. The van der Waals surface area contributed by atoms with E-state index in [1.54, 1.807) is 24.3 Å². The zero-order chi connectivity index (χ0) is 13.9. The van der Waals surface area contributed by atoms with E-state index in [1.165, 1.54) is 4.31 Å². The number of benzene rings is 1. The highest BCUT2D eigenvalue weighted by Gasteiger charge is 2.31. The molecule has 1 aliphatic rings. The van der Waals surface area contributed by atoms with Crippen LogP contribution in [-0.2, 0) is 10.2 Å². The maximum atomic E-state index is 12.3. The van der Waals surface area contributed by atoms with Crippen LogP contribution in [0.5, 0.6) is 0 Å². The normalized spacial score (nSPS) is 15.2. The summed E-state index contributed by atoms with van der Waals surface area (Å²) < 4.78 is 28.5. The first-order valence-corrected chi connectivity index (χ1v) is 7.61. The molecule has 6 nitrogen and oxygen atoms in total. The molecule has 2 rings (SSSR count). The van der Waals surface area contributed by atoms with Gasteiger partial charge >= 0.3 is 10.2 Å².